The lowest BCUT2D eigenvalue weighted by molar-refractivity contribution is 0.0109. The molecule has 0 saturated heterocycles. The Balaban J connectivity index is 1.42. The Morgan fingerprint density at radius 3 is 1.53 bits per heavy atom. The van der Waals surface area contributed by atoms with Gasteiger partial charge in [-0.3, -0.25) is 0 Å². The highest BCUT2D eigenvalue weighted by Crippen LogP contribution is 2.34. The first-order valence-electron chi connectivity index (χ1n) is 19.6. The number of aryl methyl sites for hydroxylation is 4. The van der Waals surface area contributed by atoms with Crippen molar-refractivity contribution in [1.82, 2.24) is 15.0 Å². The average molecular weight is 696 g/mol. The second-order valence-electron chi connectivity index (χ2n) is 13.6. The van der Waals surface area contributed by atoms with Crippen molar-refractivity contribution >= 4 is 0 Å². The second kappa shape index (κ2) is 21.5. The van der Waals surface area contributed by atoms with Crippen LogP contribution in [0.25, 0.3) is 34.2 Å². The lowest BCUT2D eigenvalue weighted by Crippen LogP contribution is -2.23. The third-order valence-corrected chi connectivity index (χ3v) is 9.64. The minimum atomic E-state index is -0.762. The molecule has 0 amide bonds. The van der Waals surface area contributed by atoms with Crippen molar-refractivity contribution in [1.29, 1.82) is 0 Å². The van der Waals surface area contributed by atoms with E-state index >= 15 is 0 Å². The number of hydrogen-bond donors (Lipinski definition) is 2. The van der Waals surface area contributed by atoms with E-state index < -0.39 is 6.10 Å². The number of aromatic nitrogens is 3. The molecule has 0 aliphatic carbocycles. The Morgan fingerprint density at radius 1 is 0.549 bits per heavy atom. The van der Waals surface area contributed by atoms with E-state index in [-0.39, 0.29) is 19.0 Å². The van der Waals surface area contributed by atoms with Gasteiger partial charge in [0.05, 0.1) is 12.2 Å². The van der Waals surface area contributed by atoms with Crippen molar-refractivity contribution in [2.45, 2.75) is 131 Å². The van der Waals surface area contributed by atoms with E-state index in [1.807, 2.05) is 0 Å². The van der Waals surface area contributed by atoms with Crippen LogP contribution >= 0.6 is 0 Å². The highest BCUT2D eigenvalue weighted by Gasteiger charge is 2.19. The molecule has 0 bridgehead atoms. The Morgan fingerprint density at radius 2 is 1.04 bits per heavy atom. The molecule has 1 unspecified atom stereocenters. The van der Waals surface area contributed by atoms with Gasteiger partial charge in [0.15, 0.2) is 17.5 Å². The molecule has 1 aromatic heterocycles. The van der Waals surface area contributed by atoms with E-state index in [1.54, 1.807) is 18.2 Å². The normalized spacial score (nSPS) is 12.0. The van der Waals surface area contributed by atoms with Crippen LogP contribution in [-0.2, 0) is 30.4 Å². The molecule has 1 atom stereocenters. The Kier molecular flexibility index (Phi) is 16.9. The average Bonchev–Trinajstić information content (AvgIpc) is 3.16. The summed E-state index contributed by atoms with van der Waals surface area (Å²) in [7, 11) is 0. The van der Waals surface area contributed by atoms with Crippen LogP contribution in [0.4, 0.5) is 0 Å². The van der Waals surface area contributed by atoms with Gasteiger partial charge in [-0.25, -0.2) is 15.0 Å². The number of benzene rings is 3. The second-order valence-corrected chi connectivity index (χ2v) is 13.6. The van der Waals surface area contributed by atoms with E-state index in [0.29, 0.717) is 35.4 Å². The summed E-state index contributed by atoms with van der Waals surface area (Å²) >= 11 is 0. The predicted octanol–water partition coefficient (Wildman–Crippen LogP) is 10.5. The number of aliphatic hydroxyl groups excluding tert-OH is 1. The highest BCUT2D eigenvalue weighted by atomic mass is 16.5. The van der Waals surface area contributed by atoms with Gasteiger partial charge in [-0.1, -0.05) is 129 Å². The van der Waals surface area contributed by atoms with Gasteiger partial charge in [-0.15, -0.1) is 0 Å². The molecule has 4 rings (SSSR count). The fourth-order valence-corrected chi connectivity index (χ4v) is 6.43. The number of unbranched alkanes of at least 4 members (excludes halogenated alkanes) is 9. The van der Waals surface area contributed by atoms with E-state index in [0.717, 1.165) is 49.7 Å². The van der Waals surface area contributed by atoms with Crippen LogP contribution in [0.15, 0.2) is 54.6 Å². The SMILES string of the molecule is CCCCCCCCCCCCOCC(O)COc1ccc(-c2nc(-c3ccc(CC)cc3CC)nc(-c3ccc(CC)cc3CC)n2)c(O)c1. The molecule has 0 radical (unpaired) electrons. The standard InChI is InChI=1S/C44H61N3O4/c1-6-11-12-13-14-15-16-17-18-19-26-50-30-36(48)31-51-37-22-25-40(41(49)29-37)44-46-42(38-23-20-32(7-2)27-34(38)9-4)45-43(47-44)39-24-21-33(8-3)28-35(39)10-5/h20-25,27-29,36,48-49H,6-19,26,30-31H2,1-5H3. The Labute approximate surface area is 306 Å². The number of ether oxygens (including phenoxy) is 2. The maximum absolute atomic E-state index is 11.2. The summed E-state index contributed by atoms with van der Waals surface area (Å²) in [5, 5.41) is 21.7. The molecule has 7 heteroatoms. The van der Waals surface area contributed by atoms with Crippen molar-refractivity contribution in [2.75, 3.05) is 19.8 Å². The summed E-state index contributed by atoms with van der Waals surface area (Å²) in [6, 6.07) is 18.0. The third-order valence-electron chi connectivity index (χ3n) is 9.64. The molecule has 276 valence electrons. The first-order valence-corrected chi connectivity index (χ1v) is 19.6. The zero-order chi connectivity index (χ0) is 36.4. The summed E-state index contributed by atoms with van der Waals surface area (Å²) in [4.78, 5) is 14.9. The summed E-state index contributed by atoms with van der Waals surface area (Å²) < 4.78 is 11.6. The van der Waals surface area contributed by atoms with Crippen LogP contribution in [0.3, 0.4) is 0 Å². The molecule has 7 nitrogen and oxygen atoms in total. The lowest BCUT2D eigenvalue weighted by Gasteiger charge is -2.15. The molecule has 4 aromatic rings. The van der Waals surface area contributed by atoms with Gasteiger partial charge in [0, 0.05) is 23.8 Å². The minimum absolute atomic E-state index is 0.00334. The summed E-state index contributed by atoms with van der Waals surface area (Å²) in [6.07, 6.45) is 15.6. The first-order chi connectivity index (χ1) is 24.9. The molecule has 51 heavy (non-hydrogen) atoms. The van der Waals surface area contributed by atoms with Crippen LogP contribution < -0.4 is 4.74 Å². The van der Waals surface area contributed by atoms with Crippen molar-refractivity contribution in [3.8, 4) is 45.7 Å². The zero-order valence-corrected chi connectivity index (χ0v) is 31.8. The van der Waals surface area contributed by atoms with Gasteiger partial charge >= 0.3 is 0 Å². The van der Waals surface area contributed by atoms with Crippen LogP contribution in [0, 0.1) is 0 Å². The number of hydrogen-bond acceptors (Lipinski definition) is 7. The summed E-state index contributed by atoms with van der Waals surface area (Å²) in [5.74, 6) is 2.00. The lowest BCUT2D eigenvalue weighted by atomic mass is 9.99. The van der Waals surface area contributed by atoms with Crippen LogP contribution in [0.2, 0.25) is 0 Å². The zero-order valence-electron chi connectivity index (χ0n) is 31.8. The molecule has 0 spiro atoms. The largest absolute Gasteiger partial charge is 0.507 e. The van der Waals surface area contributed by atoms with E-state index in [4.69, 9.17) is 24.4 Å². The summed E-state index contributed by atoms with van der Waals surface area (Å²) in [5.41, 5.74) is 7.31. The number of aliphatic hydroxyl groups is 1. The minimum Gasteiger partial charge on any atom is -0.507 e. The number of phenolic OH excluding ortho intramolecular Hbond substituents is 1. The molecular weight excluding hydrogens is 635 g/mol. The maximum Gasteiger partial charge on any atom is 0.167 e. The Bertz CT molecular complexity index is 1570. The maximum atomic E-state index is 11.2. The third kappa shape index (κ3) is 12.1. The molecule has 3 aromatic carbocycles. The van der Waals surface area contributed by atoms with Gasteiger partial charge in [-0.05, 0) is 66.5 Å². The van der Waals surface area contributed by atoms with E-state index in [2.05, 4.69) is 71.0 Å². The van der Waals surface area contributed by atoms with Crippen LogP contribution in [0.5, 0.6) is 11.5 Å². The van der Waals surface area contributed by atoms with Gasteiger partial charge < -0.3 is 19.7 Å². The highest BCUT2D eigenvalue weighted by molar-refractivity contribution is 5.72. The van der Waals surface area contributed by atoms with Gasteiger partial charge in [0.1, 0.15) is 24.2 Å². The molecule has 2 N–H and O–H groups in total. The fraction of sp³-hybridized carbons (Fsp3) is 0.523. The van der Waals surface area contributed by atoms with E-state index in [1.165, 1.54) is 73.6 Å². The number of rotatable bonds is 23. The monoisotopic (exact) mass is 695 g/mol. The molecule has 0 aliphatic rings. The van der Waals surface area contributed by atoms with Crippen molar-refractivity contribution in [3.05, 3.63) is 76.9 Å². The molecule has 0 saturated carbocycles. The summed E-state index contributed by atoms with van der Waals surface area (Å²) in [6.45, 7) is 11.8. The van der Waals surface area contributed by atoms with Gasteiger partial charge in [-0.2, -0.15) is 0 Å². The fourth-order valence-electron chi connectivity index (χ4n) is 6.43. The van der Waals surface area contributed by atoms with Gasteiger partial charge in [0.2, 0.25) is 0 Å². The molecule has 0 aliphatic heterocycles. The van der Waals surface area contributed by atoms with Crippen LogP contribution in [-0.4, -0.2) is 51.1 Å². The van der Waals surface area contributed by atoms with Crippen molar-refractivity contribution in [2.24, 2.45) is 0 Å². The van der Waals surface area contributed by atoms with E-state index in [9.17, 15) is 10.2 Å². The number of nitrogens with zero attached hydrogens (tertiary/aromatic N) is 3. The predicted molar refractivity (Wildman–Crippen MR) is 209 cm³/mol. The number of aromatic hydroxyl groups is 1. The number of phenols is 1. The molecular formula is C44H61N3O4. The smallest absolute Gasteiger partial charge is 0.167 e. The van der Waals surface area contributed by atoms with Crippen LogP contribution in [0.1, 0.15) is 121 Å². The Hall–Kier alpha value is -3.81. The van der Waals surface area contributed by atoms with Crippen molar-refractivity contribution in [3.63, 3.8) is 0 Å². The first kappa shape index (κ1) is 40.0. The topological polar surface area (TPSA) is 97.6 Å². The van der Waals surface area contributed by atoms with Gasteiger partial charge in [0.25, 0.3) is 0 Å². The molecule has 1 heterocycles. The van der Waals surface area contributed by atoms with Crippen molar-refractivity contribution < 1.29 is 19.7 Å². The quantitative estimate of drug-likeness (QED) is 0.0745. The molecule has 0 fully saturated rings.